The molecule has 0 fully saturated rings. The molecule has 0 radical (unpaired) electrons. The van der Waals surface area contributed by atoms with Crippen LogP contribution in [-0.2, 0) is 65.4 Å². The summed E-state index contributed by atoms with van der Waals surface area (Å²) >= 11 is 0. The Morgan fingerprint density at radius 1 is 0.279 bits per heavy atom. The van der Waals surface area contributed by atoms with Crippen molar-refractivity contribution in [2.45, 2.75) is 354 Å². The van der Waals surface area contributed by atoms with Crippen LogP contribution in [0.3, 0.4) is 0 Å². The van der Waals surface area contributed by atoms with E-state index in [1.165, 1.54) is 70.6 Å². The highest BCUT2D eigenvalue weighted by atomic mass is 31.2. The van der Waals surface area contributed by atoms with Crippen LogP contribution in [0.4, 0.5) is 0 Å². The Bertz CT molecular complexity index is 2440. The molecule has 104 heavy (non-hydrogen) atoms. The third-order valence-corrected chi connectivity index (χ3v) is 18.8. The highest BCUT2D eigenvalue weighted by molar-refractivity contribution is 7.47. The maximum Gasteiger partial charge on any atom is 0.472 e. The van der Waals surface area contributed by atoms with Crippen LogP contribution in [-0.4, -0.2) is 96.7 Å². The quantitative estimate of drug-likeness (QED) is 0.0169. The van der Waals surface area contributed by atoms with Gasteiger partial charge in [0.2, 0.25) is 0 Å². The predicted octanol–water partition coefficient (Wildman–Crippen LogP) is 23.9. The summed E-state index contributed by atoms with van der Waals surface area (Å²) in [5.41, 5.74) is 0. The fraction of sp³-hybridized carbons (Fsp3) is 0.718. The van der Waals surface area contributed by atoms with Gasteiger partial charge in [0.1, 0.15) is 19.3 Å². The van der Waals surface area contributed by atoms with Gasteiger partial charge in [-0.15, -0.1) is 0 Å². The minimum absolute atomic E-state index is 0.0751. The number of ether oxygens (including phenoxy) is 4. The molecular weight excluding hydrogens is 1350 g/mol. The van der Waals surface area contributed by atoms with Gasteiger partial charge in [-0.05, 0) is 135 Å². The molecule has 0 aliphatic carbocycles. The normalized spacial score (nSPS) is 14.5. The van der Waals surface area contributed by atoms with E-state index < -0.39 is 97.5 Å². The summed E-state index contributed by atoms with van der Waals surface area (Å²) in [6, 6.07) is 0. The molecule has 5 unspecified atom stereocenters. The summed E-state index contributed by atoms with van der Waals surface area (Å²) < 4.78 is 68.6. The molecule has 0 aliphatic rings. The third-order valence-electron chi connectivity index (χ3n) is 16.9. The number of phosphoric acid groups is 2. The second-order valence-electron chi connectivity index (χ2n) is 27.0. The number of allylic oxidation sites excluding steroid dienone is 20. The second-order valence-corrected chi connectivity index (χ2v) is 29.9. The summed E-state index contributed by atoms with van der Waals surface area (Å²) in [5, 5.41) is 10.6. The van der Waals surface area contributed by atoms with Gasteiger partial charge in [-0.2, -0.15) is 0 Å². The van der Waals surface area contributed by atoms with Gasteiger partial charge in [-0.25, -0.2) is 9.13 Å². The summed E-state index contributed by atoms with van der Waals surface area (Å²) in [4.78, 5) is 73.1. The number of unbranched alkanes of at least 4 members (excludes halogenated alkanes) is 30. The van der Waals surface area contributed by atoms with Crippen molar-refractivity contribution in [3.8, 4) is 0 Å². The van der Waals surface area contributed by atoms with Crippen LogP contribution in [0.5, 0.6) is 0 Å². The first-order valence-corrected chi connectivity index (χ1v) is 43.8. The van der Waals surface area contributed by atoms with E-state index >= 15 is 0 Å². The van der Waals surface area contributed by atoms with E-state index in [1.807, 2.05) is 0 Å². The van der Waals surface area contributed by atoms with Crippen LogP contribution < -0.4 is 0 Å². The van der Waals surface area contributed by atoms with Gasteiger partial charge in [0.25, 0.3) is 0 Å². The van der Waals surface area contributed by atoms with Gasteiger partial charge >= 0.3 is 39.5 Å². The van der Waals surface area contributed by atoms with Gasteiger partial charge in [-0.1, -0.05) is 297 Å². The Labute approximate surface area is 632 Å². The minimum atomic E-state index is -4.99. The molecule has 0 aliphatic heterocycles. The average molecular weight is 1500 g/mol. The first-order valence-electron chi connectivity index (χ1n) is 40.8. The molecule has 0 aromatic rings. The lowest BCUT2D eigenvalue weighted by molar-refractivity contribution is -0.161. The fourth-order valence-electron chi connectivity index (χ4n) is 10.8. The SMILES string of the molecule is CC/C=C\C/C=C\C/C=C\C/C=C\C/C=C\CCCCCC(=O)OCC(COP(=O)(O)OCC(O)COP(=O)(O)OCC(COC(=O)CCCCCCCCC/C=C\C/C=C\C/C=C\CC)OC(=O)CCCCCCC/C=C\C/C=C\CCCCC)OC(=O)CCCCCCCCCCCCCCC. The smallest absolute Gasteiger partial charge is 0.462 e. The monoisotopic (exact) mass is 1500 g/mol. The Morgan fingerprint density at radius 3 is 0.798 bits per heavy atom. The Morgan fingerprint density at radius 2 is 0.500 bits per heavy atom. The molecule has 17 nitrogen and oxygen atoms in total. The van der Waals surface area contributed by atoms with E-state index in [9.17, 15) is 43.2 Å². The maximum absolute atomic E-state index is 13.1. The van der Waals surface area contributed by atoms with E-state index in [2.05, 4.69) is 149 Å². The van der Waals surface area contributed by atoms with Crippen LogP contribution in [0, 0.1) is 0 Å². The molecule has 0 amide bonds. The zero-order chi connectivity index (χ0) is 76.0. The zero-order valence-electron chi connectivity index (χ0n) is 65.4. The number of esters is 4. The van der Waals surface area contributed by atoms with Crippen LogP contribution in [0.25, 0.3) is 0 Å². The highest BCUT2D eigenvalue weighted by Crippen LogP contribution is 2.45. The first-order chi connectivity index (χ1) is 50.7. The molecule has 19 heteroatoms. The molecule has 0 saturated carbocycles. The van der Waals surface area contributed by atoms with Gasteiger partial charge in [-0.3, -0.25) is 37.3 Å². The fourth-order valence-corrected chi connectivity index (χ4v) is 12.3. The number of hydrogen-bond donors (Lipinski definition) is 3. The predicted molar refractivity (Wildman–Crippen MR) is 427 cm³/mol. The Balaban J connectivity index is 5.38. The van der Waals surface area contributed by atoms with E-state index in [0.29, 0.717) is 25.7 Å². The lowest BCUT2D eigenvalue weighted by Gasteiger charge is -2.21. The minimum Gasteiger partial charge on any atom is -0.462 e. The molecule has 598 valence electrons. The molecule has 0 heterocycles. The molecule has 0 rings (SSSR count). The summed E-state index contributed by atoms with van der Waals surface area (Å²) in [6.45, 7) is 4.60. The number of hydrogen-bond acceptors (Lipinski definition) is 15. The standard InChI is InChI=1S/C85H146O17P2/c1-5-9-13-17-21-25-29-33-36-38-39-41-44-47-50-54-58-62-66-70-83(88)95-75-80(101-84(89)71-67-63-59-55-51-45-32-28-24-20-16-12-8-4)77-99-103(91,92)97-73-79(86)74-98-104(93,94)100-78-81(102-85(90)72-68-64-60-56-52-48-42-35-31-27-23-19-15-11-7-3)76-96-82(87)69-65-61-57-53-49-46-43-40-37-34-30-26-22-18-14-10-6-2/h9-10,13-14,21-23,25-27,33-37,39,41-42,47,50,79-81,86H,5-8,11-12,15-20,24,28-32,38,40,43-46,48-49,51-78H2,1-4H3,(H,91,92)(H,93,94)/b13-9-,14-10-,25-21-,26-22-,27-23-,36-33-,37-34-,41-39-,42-35-,50-47-. The molecule has 5 atom stereocenters. The second kappa shape index (κ2) is 76.6. The van der Waals surface area contributed by atoms with Crippen molar-refractivity contribution in [3.05, 3.63) is 122 Å². The van der Waals surface area contributed by atoms with Crippen molar-refractivity contribution in [2.75, 3.05) is 39.6 Å². The highest BCUT2D eigenvalue weighted by Gasteiger charge is 2.30. The van der Waals surface area contributed by atoms with E-state index in [-0.39, 0.29) is 25.7 Å². The Hall–Kier alpha value is -4.54. The number of aliphatic hydroxyl groups is 1. The molecular formula is C85H146O17P2. The van der Waals surface area contributed by atoms with Crippen LogP contribution in [0.2, 0.25) is 0 Å². The van der Waals surface area contributed by atoms with Crippen molar-refractivity contribution < 1.29 is 80.2 Å². The molecule has 0 aromatic carbocycles. The topological polar surface area (TPSA) is 237 Å². The van der Waals surface area contributed by atoms with Gasteiger partial charge in [0.15, 0.2) is 12.2 Å². The number of carbonyl (C=O) groups is 4. The van der Waals surface area contributed by atoms with Crippen molar-refractivity contribution in [3.63, 3.8) is 0 Å². The molecule has 0 bridgehead atoms. The summed E-state index contributed by atoms with van der Waals surface area (Å²) in [6.07, 6.45) is 84.5. The third kappa shape index (κ3) is 75.7. The summed E-state index contributed by atoms with van der Waals surface area (Å²) in [5.74, 6) is -2.22. The summed E-state index contributed by atoms with van der Waals surface area (Å²) in [7, 11) is -9.97. The average Bonchev–Trinajstić information content (AvgIpc) is 0.939. The van der Waals surface area contributed by atoms with E-state index in [4.69, 9.17) is 37.0 Å². The molecule has 0 saturated heterocycles. The van der Waals surface area contributed by atoms with Crippen LogP contribution >= 0.6 is 15.6 Å². The van der Waals surface area contributed by atoms with Gasteiger partial charge in [0.05, 0.1) is 26.4 Å². The van der Waals surface area contributed by atoms with Crippen molar-refractivity contribution in [2.24, 2.45) is 0 Å². The van der Waals surface area contributed by atoms with Crippen LogP contribution in [0.1, 0.15) is 336 Å². The first kappa shape index (κ1) is 99.5. The van der Waals surface area contributed by atoms with E-state index in [1.54, 1.807) is 0 Å². The number of aliphatic hydroxyl groups excluding tert-OH is 1. The Kier molecular flexibility index (Phi) is 73.3. The lowest BCUT2D eigenvalue weighted by atomic mass is 10.0. The largest absolute Gasteiger partial charge is 0.472 e. The molecule has 0 aromatic heterocycles. The molecule has 0 spiro atoms. The zero-order valence-corrected chi connectivity index (χ0v) is 67.2. The van der Waals surface area contributed by atoms with Crippen molar-refractivity contribution in [1.82, 2.24) is 0 Å². The van der Waals surface area contributed by atoms with Crippen molar-refractivity contribution in [1.29, 1.82) is 0 Å². The lowest BCUT2D eigenvalue weighted by Crippen LogP contribution is -2.30. The number of phosphoric ester groups is 2. The van der Waals surface area contributed by atoms with Gasteiger partial charge in [0, 0.05) is 25.7 Å². The van der Waals surface area contributed by atoms with Gasteiger partial charge < -0.3 is 33.8 Å². The van der Waals surface area contributed by atoms with Crippen LogP contribution in [0.15, 0.2) is 122 Å². The molecule has 3 N–H and O–H groups in total. The van der Waals surface area contributed by atoms with E-state index in [0.717, 1.165) is 186 Å². The number of rotatable bonds is 76. The number of carbonyl (C=O) groups excluding carboxylic acids is 4. The maximum atomic E-state index is 13.1. The van der Waals surface area contributed by atoms with Crippen molar-refractivity contribution >= 4 is 39.5 Å².